The molecule has 1 fully saturated rings. The summed E-state index contributed by atoms with van der Waals surface area (Å²) in [4.78, 5) is 15.0. The summed E-state index contributed by atoms with van der Waals surface area (Å²) in [5.41, 5.74) is 5.44. The molecule has 1 rings (SSSR count). The van der Waals surface area contributed by atoms with E-state index in [1.54, 1.807) is 0 Å². The van der Waals surface area contributed by atoms with Crippen molar-refractivity contribution in [3.8, 4) is 0 Å². The summed E-state index contributed by atoms with van der Waals surface area (Å²) in [5.74, 6) is -0.250. The molecule has 0 amide bonds. The fraction of sp³-hybridized carbons (Fsp3) is 0.900. The molecule has 1 heterocycles. The number of rotatable bonds is 5. The van der Waals surface area contributed by atoms with Crippen LogP contribution in [-0.4, -0.2) is 67.2 Å². The molecular weight excluding hydrogens is 194 g/mol. The lowest BCUT2D eigenvalue weighted by atomic mass is 10.1. The average Bonchev–Trinajstić information content (AvgIpc) is 2.51. The molecule has 1 saturated heterocycles. The van der Waals surface area contributed by atoms with E-state index in [1.165, 1.54) is 0 Å². The SMILES string of the molecule is CN1CCC(CN(C)C(CN)C(=O)O)C1. The summed E-state index contributed by atoms with van der Waals surface area (Å²) in [5, 5.41) is 8.94. The molecule has 2 unspecified atom stereocenters. The van der Waals surface area contributed by atoms with Crippen molar-refractivity contribution in [3.05, 3.63) is 0 Å². The van der Waals surface area contributed by atoms with Gasteiger partial charge in [-0.1, -0.05) is 0 Å². The van der Waals surface area contributed by atoms with Gasteiger partial charge in [-0.2, -0.15) is 0 Å². The number of likely N-dealkylation sites (tertiary alicyclic amines) is 1. The predicted octanol–water partition coefficient (Wildman–Crippen LogP) is -0.718. The second-order valence-corrected chi connectivity index (χ2v) is 4.45. The molecule has 3 N–H and O–H groups in total. The number of nitrogens with zero attached hydrogens (tertiary/aromatic N) is 2. The quantitative estimate of drug-likeness (QED) is 0.633. The molecule has 5 heteroatoms. The zero-order valence-electron chi connectivity index (χ0n) is 9.52. The molecule has 0 aliphatic carbocycles. The van der Waals surface area contributed by atoms with Crippen LogP contribution in [0.2, 0.25) is 0 Å². The Kier molecular flexibility index (Phi) is 4.50. The molecule has 0 spiro atoms. The molecule has 5 nitrogen and oxygen atoms in total. The van der Waals surface area contributed by atoms with Gasteiger partial charge in [0.05, 0.1) is 0 Å². The van der Waals surface area contributed by atoms with Gasteiger partial charge >= 0.3 is 5.97 Å². The minimum Gasteiger partial charge on any atom is -0.480 e. The summed E-state index contributed by atoms with van der Waals surface area (Å²) in [6.07, 6.45) is 1.15. The zero-order chi connectivity index (χ0) is 11.4. The van der Waals surface area contributed by atoms with Gasteiger partial charge in [-0.25, -0.2) is 0 Å². The molecule has 0 saturated carbocycles. The summed E-state index contributed by atoms with van der Waals surface area (Å²) in [7, 11) is 3.93. The minimum absolute atomic E-state index is 0.175. The van der Waals surface area contributed by atoms with Crippen molar-refractivity contribution < 1.29 is 9.90 Å². The van der Waals surface area contributed by atoms with Gasteiger partial charge in [0, 0.05) is 19.6 Å². The van der Waals surface area contributed by atoms with Gasteiger partial charge in [-0.15, -0.1) is 0 Å². The highest BCUT2D eigenvalue weighted by molar-refractivity contribution is 5.73. The van der Waals surface area contributed by atoms with Crippen LogP contribution in [0.1, 0.15) is 6.42 Å². The van der Waals surface area contributed by atoms with E-state index in [4.69, 9.17) is 10.8 Å². The number of aliphatic carboxylic acids is 1. The van der Waals surface area contributed by atoms with Crippen molar-refractivity contribution in [3.63, 3.8) is 0 Å². The molecule has 0 bridgehead atoms. The van der Waals surface area contributed by atoms with Gasteiger partial charge in [-0.3, -0.25) is 9.69 Å². The normalized spacial score (nSPS) is 24.7. The Morgan fingerprint density at radius 3 is 2.80 bits per heavy atom. The van der Waals surface area contributed by atoms with E-state index >= 15 is 0 Å². The van der Waals surface area contributed by atoms with Crippen molar-refractivity contribution in [2.24, 2.45) is 11.7 Å². The minimum atomic E-state index is -0.827. The topological polar surface area (TPSA) is 69.8 Å². The van der Waals surface area contributed by atoms with Crippen molar-refractivity contribution in [2.45, 2.75) is 12.5 Å². The third kappa shape index (κ3) is 3.44. The fourth-order valence-corrected chi connectivity index (χ4v) is 2.18. The number of carbonyl (C=O) groups is 1. The number of hydrogen-bond donors (Lipinski definition) is 2. The highest BCUT2D eigenvalue weighted by Gasteiger charge is 2.26. The molecule has 1 aliphatic heterocycles. The number of likely N-dealkylation sites (N-methyl/N-ethyl adjacent to an activating group) is 1. The molecule has 0 aromatic carbocycles. The highest BCUT2D eigenvalue weighted by Crippen LogP contribution is 2.15. The second kappa shape index (κ2) is 5.44. The maximum absolute atomic E-state index is 10.9. The van der Waals surface area contributed by atoms with Gasteiger partial charge in [0.2, 0.25) is 0 Å². The maximum atomic E-state index is 10.9. The first-order valence-electron chi connectivity index (χ1n) is 5.36. The zero-order valence-corrected chi connectivity index (χ0v) is 9.52. The molecule has 15 heavy (non-hydrogen) atoms. The number of carboxylic acid groups (broad SMARTS) is 1. The summed E-state index contributed by atoms with van der Waals surface area (Å²) < 4.78 is 0. The van der Waals surface area contributed by atoms with Gasteiger partial charge < -0.3 is 15.7 Å². The lowest BCUT2D eigenvalue weighted by molar-refractivity contribution is -0.142. The van der Waals surface area contributed by atoms with Crippen LogP contribution in [0, 0.1) is 5.92 Å². The Bertz CT molecular complexity index is 223. The highest BCUT2D eigenvalue weighted by atomic mass is 16.4. The number of hydrogen-bond acceptors (Lipinski definition) is 4. The molecular formula is C10H21N3O2. The van der Waals surface area contributed by atoms with Crippen LogP contribution in [0.3, 0.4) is 0 Å². The van der Waals surface area contributed by atoms with Crippen molar-refractivity contribution in [1.82, 2.24) is 9.80 Å². The second-order valence-electron chi connectivity index (χ2n) is 4.45. The van der Waals surface area contributed by atoms with Crippen LogP contribution < -0.4 is 5.73 Å². The van der Waals surface area contributed by atoms with Crippen LogP contribution in [0.25, 0.3) is 0 Å². The van der Waals surface area contributed by atoms with Crippen LogP contribution in [0.4, 0.5) is 0 Å². The first-order valence-corrected chi connectivity index (χ1v) is 5.36. The van der Waals surface area contributed by atoms with Crippen LogP contribution >= 0.6 is 0 Å². The predicted molar refractivity (Wildman–Crippen MR) is 58.7 cm³/mol. The summed E-state index contributed by atoms with van der Waals surface area (Å²) in [6, 6.07) is -0.545. The molecule has 1 aliphatic rings. The Morgan fingerprint density at radius 2 is 2.40 bits per heavy atom. The first kappa shape index (κ1) is 12.4. The fourth-order valence-electron chi connectivity index (χ4n) is 2.18. The first-order chi connectivity index (χ1) is 7.04. The van der Waals surface area contributed by atoms with Gasteiger partial charge in [0.25, 0.3) is 0 Å². The van der Waals surface area contributed by atoms with Gasteiger partial charge in [0.15, 0.2) is 0 Å². The average molecular weight is 215 g/mol. The Labute approximate surface area is 90.8 Å². The van der Waals surface area contributed by atoms with E-state index < -0.39 is 12.0 Å². The van der Waals surface area contributed by atoms with Crippen molar-refractivity contribution >= 4 is 5.97 Å². The summed E-state index contributed by atoms with van der Waals surface area (Å²) >= 11 is 0. The Morgan fingerprint density at radius 1 is 1.73 bits per heavy atom. The van der Waals surface area contributed by atoms with E-state index in [1.807, 2.05) is 11.9 Å². The third-order valence-electron chi connectivity index (χ3n) is 3.08. The third-order valence-corrected chi connectivity index (χ3v) is 3.08. The smallest absolute Gasteiger partial charge is 0.322 e. The standard InChI is InChI=1S/C10H21N3O2/c1-12-4-3-8(6-12)7-13(2)9(5-11)10(14)15/h8-9H,3-7,11H2,1-2H3,(H,14,15). The number of nitrogens with two attached hydrogens (primary N) is 1. The van der Waals surface area contributed by atoms with Crippen molar-refractivity contribution in [2.75, 3.05) is 40.3 Å². The van der Waals surface area contributed by atoms with Crippen LogP contribution in [-0.2, 0) is 4.79 Å². The maximum Gasteiger partial charge on any atom is 0.322 e. The van der Waals surface area contributed by atoms with Crippen LogP contribution in [0.5, 0.6) is 0 Å². The summed E-state index contributed by atoms with van der Waals surface area (Å²) in [6.45, 7) is 3.16. The largest absolute Gasteiger partial charge is 0.480 e. The monoisotopic (exact) mass is 215 g/mol. The van der Waals surface area contributed by atoms with Gasteiger partial charge in [0.1, 0.15) is 6.04 Å². The Balaban J connectivity index is 2.40. The van der Waals surface area contributed by atoms with E-state index in [-0.39, 0.29) is 6.54 Å². The Hall–Kier alpha value is -0.650. The van der Waals surface area contributed by atoms with E-state index in [0.717, 1.165) is 26.1 Å². The molecule has 0 radical (unpaired) electrons. The lowest BCUT2D eigenvalue weighted by Crippen LogP contribution is -2.46. The van der Waals surface area contributed by atoms with E-state index in [0.29, 0.717) is 5.92 Å². The van der Waals surface area contributed by atoms with Crippen LogP contribution in [0.15, 0.2) is 0 Å². The van der Waals surface area contributed by atoms with E-state index in [2.05, 4.69) is 11.9 Å². The lowest BCUT2D eigenvalue weighted by Gasteiger charge is -2.26. The van der Waals surface area contributed by atoms with Crippen molar-refractivity contribution in [1.29, 1.82) is 0 Å². The molecule has 0 aromatic rings. The van der Waals surface area contributed by atoms with Gasteiger partial charge in [-0.05, 0) is 33.0 Å². The molecule has 2 atom stereocenters. The van der Waals surface area contributed by atoms with E-state index in [9.17, 15) is 4.79 Å². The molecule has 88 valence electrons. The number of carboxylic acids is 1. The molecule has 0 aromatic heterocycles.